The van der Waals surface area contributed by atoms with Gasteiger partial charge in [0.25, 0.3) is 0 Å². The highest BCUT2D eigenvalue weighted by atomic mass is 15.3. The molecule has 0 saturated heterocycles. The molecule has 0 aliphatic heterocycles. The van der Waals surface area contributed by atoms with Crippen molar-refractivity contribution in [1.29, 1.82) is 0 Å². The van der Waals surface area contributed by atoms with Gasteiger partial charge in [-0.1, -0.05) is 19.8 Å². The molecule has 0 aromatic carbocycles. The van der Waals surface area contributed by atoms with Gasteiger partial charge in [-0.05, 0) is 32.1 Å². The summed E-state index contributed by atoms with van der Waals surface area (Å²) in [5, 5.41) is 8.10. The second kappa shape index (κ2) is 4.89. The highest BCUT2D eigenvalue weighted by Crippen LogP contribution is 2.29. The van der Waals surface area contributed by atoms with Crippen molar-refractivity contribution in [2.24, 2.45) is 13.0 Å². The molecule has 3 nitrogen and oxygen atoms in total. The van der Waals surface area contributed by atoms with Gasteiger partial charge in [-0.25, -0.2) is 0 Å². The number of anilines is 1. The van der Waals surface area contributed by atoms with Gasteiger partial charge >= 0.3 is 0 Å². The van der Waals surface area contributed by atoms with Crippen LogP contribution in [0, 0.1) is 5.92 Å². The SMILES string of the molecule is CCc1nn(C)cc1NC(C)C1CCCC1. The summed E-state index contributed by atoms with van der Waals surface area (Å²) in [6.45, 7) is 4.47. The van der Waals surface area contributed by atoms with E-state index in [2.05, 4.69) is 30.5 Å². The van der Waals surface area contributed by atoms with Gasteiger partial charge in [0.1, 0.15) is 0 Å². The smallest absolute Gasteiger partial charge is 0.0853 e. The van der Waals surface area contributed by atoms with Crippen LogP contribution in [0.25, 0.3) is 0 Å². The summed E-state index contributed by atoms with van der Waals surface area (Å²) >= 11 is 0. The molecule has 1 heterocycles. The van der Waals surface area contributed by atoms with Crippen molar-refractivity contribution < 1.29 is 0 Å². The number of aryl methyl sites for hydroxylation is 2. The van der Waals surface area contributed by atoms with Crippen molar-refractivity contribution >= 4 is 5.69 Å². The van der Waals surface area contributed by atoms with Crippen LogP contribution in [0.2, 0.25) is 0 Å². The van der Waals surface area contributed by atoms with Crippen LogP contribution >= 0.6 is 0 Å². The summed E-state index contributed by atoms with van der Waals surface area (Å²) in [7, 11) is 1.99. The topological polar surface area (TPSA) is 29.9 Å². The number of rotatable bonds is 4. The standard InChI is InChI=1S/C13H23N3/c1-4-12-13(9-16(3)15-12)14-10(2)11-7-5-6-8-11/h9-11,14H,4-8H2,1-3H3. The highest BCUT2D eigenvalue weighted by Gasteiger charge is 2.22. The zero-order chi connectivity index (χ0) is 11.5. The predicted molar refractivity (Wildman–Crippen MR) is 67.6 cm³/mol. The lowest BCUT2D eigenvalue weighted by Gasteiger charge is -2.21. The molecular weight excluding hydrogens is 198 g/mol. The molecule has 1 aromatic rings. The first-order valence-corrected chi connectivity index (χ1v) is 6.49. The number of nitrogens with zero attached hydrogens (tertiary/aromatic N) is 2. The van der Waals surface area contributed by atoms with E-state index >= 15 is 0 Å². The van der Waals surface area contributed by atoms with Gasteiger partial charge in [0.05, 0.1) is 11.4 Å². The molecule has 1 aliphatic rings. The van der Waals surface area contributed by atoms with Crippen LogP contribution in [0.1, 0.15) is 45.2 Å². The zero-order valence-corrected chi connectivity index (χ0v) is 10.7. The Kier molecular flexibility index (Phi) is 3.52. The number of nitrogens with one attached hydrogen (secondary N) is 1. The summed E-state index contributed by atoms with van der Waals surface area (Å²) in [6, 6.07) is 0.581. The minimum atomic E-state index is 0.581. The lowest BCUT2D eigenvalue weighted by atomic mass is 9.99. The summed E-state index contributed by atoms with van der Waals surface area (Å²) < 4.78 is 1.91. The van der Waals surface area contributed by atoms with Gasteiger partial charge in [0.2, 0.25) is 0 Å². The van der Waals surface area contributed by atoms with Crippen molar-refractivity contribution in [1.82, 2.24) is 9.78 Å². The van der Waals surface area contributed by atoms with Gasteiger partial charge in [-0.2, -0.15) is 5.10 Å². The van der Waals surface area contributed by atoms with Crippen LogP contribution in [-0.2, 0) is 13.5 Å². The molecule has 0 bridgehead atoms. The summed E-state index contributed by atoms with van der Waals surface area (Å²) in [5.74, 6) is 0.852. The van der Waals surface area contributed by atoms with E-state index in [0.717, 1.165) is 12.3 Å². The number of hydrogen-bond donors (Lipinski definition) is 1. The Morgan fingerprint density at radius 2 is 2.19 bits per heavy atom. The fourth-order valence-electron chi connectivity index (χ4n) is 2.74. The van der Waals surface area contributed by atoms with E-state index in [9.17, 15) is 0 Å². The largest absolute Gasteiger partial charge is 0.380 e. The molecule has 90 valence electrons. The Hall–Kier alpha value is -0.990. The Morgan fingerprint density at radius 1 is 1.50 bits per heavy atom. The van der Waals surface area contributed by atoms with Gasteiger partial charge in [-0.15, -0.1) is 0 Å². The Morgan fingerprint density at radius 3 is 2.81 bits per heavy atom. The molecule has 1 N–H and O–H groups in total. The fourth-order valence-corrected chi connectivity index (χ4v) is 2.74. The average molecular weight is 221 g/mol. The maximum absolute atomic E-state index is 4.46. The van der Waals surface area contributed by atoms with Crippen molar-refractivity contribution in [3.63, 3.8) is 0 Å². The van der Waals surface area contributed by atoms with Crippen LogP contribution in [0.4, 0.5) is 5.69 Å². The summed E-state index contributed by atoms with van der Waals surface area (Å²) in [5.41, 5.74) is 2.41. The van der Waals surface area contributed by atoms with Gasteiger partial charge < -0.3 is 5.32 Å². The van der Waals surface area contributed by atoms with E-state index in [0.29, 0.717) is 6.04 Å². The molecule has 0 radical (unpaired) electrons. The average Bonchev–Trinajstić information content (AvgIpc) is 2.87. The highest BCUT2D eigenvalue weighted by molar-refractivity contribution is 5.47. The van der Waals surface area contributed by atoms with E-state index in [1.807, 2.05) is 11.7 Å². The molecule has 1 unspecified atom stereocenters. The first-order chi connectivity index (χ1) is 7.70. The lowest BCUT2D eigenvalue weighted by molar-refractivity contribution is 0.482. The maximum atomic E-state index is 4.46. The Bertz CT molecular complexity index is 337. The molecule has 1 saturated carbocycles. The second-order valence-corrected chi connectivity index (χ2v) is 4.99. The monoisotopic (exact) mass is 221 g/mol. The fraction of sp³-hybridized carbons (Fsp3) is 0.769. The summed E-state index contributed by atoms with van der Waals surface area (Å²) in [6.07, 6.45) is 8.69. The van der Waals surface area contributed by atoms with Crippen LogP contribution < -0.4 is 5.32 Å². The summed E-state index contributed by atoms with van der Waals surface area (Å²) in [4.78, 5) is 0. The normalized spacial score (nSPS) is 18.9. The molecular formula is C13H23N3. The molecule has 3 heteroatoms. The van der Waals surface area contributed by atoms with Crippen LogP contribution in [0.15, 0.2) is 6.20 Å². The quantitative estimate of drug-likeness (QED) is 0.847. The van der Waals surface area contributed by atoms with Crippen LogP contribution in [-0.4, -0.2) is 15.8 Å². The van der Waals surface area contributed by atoms with E-state index < -0.39 is 0 Å². The molecule has 1 aromatic heterocycles. The van der Waals surface area contributed by atoms with Crippen molar-refractivity contribution in [3.05, 3.63) is 11.9 Å². The van der Waals surface area contributed by atoms with E-state index in [1.165, 1.54) is 37.1 Å². The second-order valence-electron chi connectivity index (χ2n) is 4.99. The minimum Gasteiger partial charge on any atom is -0.380 e. The third-order valence-corrected chi connectivity index (χ3v) is 3.73. The molecule has 16 heavy (non-hydrogen) atoms. The van der Waals surface area contributed by atoms with E-state index in [-0.39, 0.29) is 0 Å². The zero-order valence-electron chi connectivity index (χ0n) is 10.7. The van der Waals surface area contributed by atoms with Crippen molar-refractivity contribution in [2.75, 3.05) is 5.32 Å². The third kappa shape index (κ3) is 2.39. The molecule has 1 atom stereocenters. The van der Waals surface area contributed by atoms with Gasteiger partial charge in [0.15, 0.2) is 0 Å². The van der Waals surface area contributed by atoms with E-state index in [4.69, 9.17) is 0 Å². The van der Waals surface area contributed by atoms with Crippen LogP contribution in [0.5, 0.6) is 0 Å². The number of aromatic nitrogens is 2. The number of hydrogen-bond acceptors (Lipinski definition) is 2. The van der Waals surface area contributed by atoms with Gasteiger partial charge in [-0.3, -0.25) is 4.68 Å². The van der Waals surface area contributed by atoms with Gasteiger partial charge in [0, 0.05) is 19.3 Å². The van der Waals surface area contributed by atoms with Crippen molar-refractivity contribution in [3.8, 4) is 0 Å². The Labute approximate surface area is 98.2 Å². The Balaban J connectivity index is 2.01. The first kappa shape index (κ1) is 11.5. The molecule has 0 amide bonds. The van der Waals surface area contributed by atoms with Crippen molar-refractivity contribution in [2.45, 2.75) is 52.0 Å². The van der Waals surface area contributed by atoms with E-state index in [1.54, 1.807) is 0 Å². The molecule has 0 spiro atoms. The maximum Gasteiger partial charge on any atom is 0.0853 e. The predicted octanol–water partition coefficient (Wildman–Crippen LogP) is 2.97. The molecule has 2 rings (SSSR count). The minimum absolute atomic E-state index is 0.581. The first-order valence-electron chi connectivity index (χ1n) is 6.49. The molecule has 1 aliphatic carbocycles. The third-order valence-electron chi connectivity index (χ3n) is 3.73. The van der Waals surface area contributed by atoms with Crippen LogP contribution in [0.3, 0.4) is 0 Å². The molecule has 1 fully saturated rings. The lowest BCUT2D eigenvalue weighted by Crippen LogP contribution is -2.24.